The van der Waals surface area contributed by atoms with Gasteiger partial charge in [0, 0.05) is 13.0 Å². The highest BCUT2D eigenvalue weighted by atomic mass is 31.0. The molecule has 4 nitrogen and oxygen atoms in total. The third-order valence-electron chi connectivity index (χ3n) is 4.91. The lowest BCUT2D eigenvalue weighted by Gasteiger charge is -2.04. The molecule has 28 heavy (non-hydrogen) atoms. The van der Waals surface area contributed by atoms with E-state index in [2.05, 4.69) is 13.8 Å². The summed E-state index contributed by atoms with van der Waals surface area (Å²) in [7, 11) is 0. The van der Waals surface area contributed by atoms with Gasteiger partial charge in [0.1, 0.15) is 0 Å². The van der Waals surface area contributed by atoms with Crippen LogP contribution in [0.3, 0.4) is 0 Å². The second-order valence-corrected chi connectivity index (χ2v) is 7.77. The first kappa shape index (κ1) is 32.5. The van der Waals surface area contributed by atoms with Crippen LogP contribution in [0.1, 0.15) is 129 Å². The zero-order valence-electron chi connectivity index (χ0n) is 19.1. The van der Waals surface area contributed by atoms with Gasteiger partial charge in [0.2, 0.25) is 0 Å². The number of rotatable bonds is 19. The molecule has 0 aromatic carbocycles. The zero-order chi connectivity index (χ0) is 20.6. The van der Waals surface area contributed by atoms with Crippen LogP contribution in [0.15, 0.2) is 0 Å². The van der Waals surface area contributed by atoms with Crippen LogP contribution >= 0.6 is 9.90 Å². The van der Waals surface area contributed by atoms with E-state index in [9.17, 15) is 4.79 Å². The van der Waals surface area contributed by atoms with Gasteiger partial charge in [-0.25, -0.2) is 0 Å². The van der Waals surface area contributed by atoms with E-state index in [0.29, 0.717) is 13.0 Å². The Hall–Kier alpha value is -0.180. The number of carboxylic acid groups (broad SMARTS) is 1. The van der Waals surface area contributed by atoms with E-state index in [-0.39, 0.29) is 16.0 Å². The maximum atomic E-state index is 10.3. The van der Waals surface area contributed by atoms with Gasteiger partial charge in [-0.05, 0) is 12.8 Å². The van der Waals surface area contributed by atoms with Gasteiger partial charge in [-0.2, -0.15) is 9.90 Å². The summed E-state index contributed by atoms with van der Waals surface area (Å²) in [6.07, 6.45) is 21.4. The van der Waals surface area contributed by atoms with Crippen LogP contribution in [-0.4, -0.2) is 28.8 Å². The van der Waals surface area contributed by atoms with Crippen molar-refractivity contribution in [2.45, 2.75) is 136 Å². The molecule has 0 saturated carbocycles. The normalized spacial score (nSPS) is 11.3. The molecule has 0 radical (unpaired) electrons. The summed E-state index contributed by atoms with van der Waals surface area (Å²) in [6.45, 7) is 4.81. The van der Waals surface area contributed by atoms with E-state index in [4.69, 9.17) is 15.9 Å². The molecular formula is C23H52NO3P. The smallest absolute Gasteiger partial charge is 0.303 e. The molecule has 5 heteroatoms. The number of carboxylic acids is 1. The molecule has 0 aromatic heterocycles. The first-order valence-corrected chi connectivity index (χ1v) is 11.7. The van der Waals surface area contributed by atoms with Crippen molar-refractivity contribution in [3.05, 3.63) is 0 Å². The lowest BCUT2D eigenvalue weighted by atomic mass is 10.0. The Morgan fingerprint density at radius 1 is 0.714 bits per heavy atom. The first-order chi connectivity index (χ1) is 13.1. The number of nitrogens with two attached hydrogens (primary N) is 1. The molecule has 0 fully saturated rings. The minimum absolute atomic E-state index is 0. The van der Waals surface area contributed by atoms with E-state index < -0.39 is 5.97 Å². The van der Waals surface area contributed by atoms with Gasteiger partial charge < -0.3 is 15.9 Å². The van der Waals surface area contributed by atoms with Crippen LogP contribution in [-0.2, 0) is 4.79 Å². The fraction of sp³-hybridized carbons (Fsp3) is 0.957. The fourth-order valence-corrected chi connectivity index (χ4v) is 3.04. The largest absolute Gasteiger partial charge is 0.481 e. The molecule has 0 heterocycles. The molecule has 0 aliphatic carbocycles. The summed E-state index contributed by atoms with van der Waals surface area (Å²) in [5, 5.41) is 17.5. The molecule has 0 aliphatic rings. The van der Waals surface area contributed by atoms with E-state index in [0.717, 1.165) is 25.7 Å². The van der Waals surface area contributed by atoms with Crippen molar-refractivity contribution < 1.29 is 15.0 Å². The van der Waals surface area contributed by atoms with Crippen LogP contribution in [0.4, 0.5) is 0 Å². The van der Waals surface area contributed by atoms with Crippen molar-refractivity contribution in [2.75, 3.05) is 6.54 Å². The summed E-state index contributed by atoms with van der Waals surface area (Å²) in [5.41, 5.74) is 5.20. The number of aliphatic hydroxyl groups excluding tert-OH is 1. The standard InChI is InChI=1S/C16H32O2.C7H17NO.H3P/c1-2-3-4-5-6-7-8-9-10-11-12-13-14-15-16(17)18;1-2-3-4-5-7(9)6-8;/h2-15H2,1H3,(H,17,18);7,9H,2-6,8H2,1H3;1H3. The predicted octanol–water partition coefficient (Wildman–Crippen LogP) is 6.50. The predicted molar refractivity (Wildman–Crippen MR) is 128 cm³/mol. The van der Waals surface area contributed by atoms with Gasteiger partial charge in [0.15, 0.2) is 0 Å². The summed E-state index contributed by atoms with van der Waals surface area (Å²) >= 11 is 0. The molecule has 0 bridgehead atoms. The van der Waals surface area contributed by atoms with Gasteiger partial charge in [-0.1, -0.05) is 110 Å². The van der Waals surface area contributed by atoms with Gasteiger partial charge >= 0.3 is 5.97 Å². The summed E-state index contributed by atoms with van der Waals surface area (Å²) < 4.78 is 0. The highest BCUT2D eigenvalue weighted by molar-refractivity contribution is 6.92. The van der Waals surface area contributed by atoms with Crippen LogP contribution in [0.5, 0.6) is 0 Å². The summed E-state index contributed by atoms with van der Waals surface area (Å²) in [5.74, 6) is -0.655. The van der Waals surface area contributed by atoms with Crippen LogP contribution in [0.2, 0.25) is 0 Å². The SMILES string of the molecule is CCCCCC(O)CN.CCCCCCCCCCCCCCCC(=O)O.P. The Labute approximate surface area is 179 Å². The first-order valence-electron chi connectivity index (χ1n) is 11.7. The maximum absolute atomic E-state index is 10.3. The zero-order valence-corrected chi connectivity index (χ0v) is 20.5. The molecule has 0 spiro atoms. The fourth-order valence-electron chi connectivity index (χ4n) is 3.04. The highest BCUT2D eigenvalue weighted by Gasteiger charge is 1.98. The van der Waals surface area contributed by atoms with Crippen LogP contribution in [0.25, 0.3) is 0 Å². The minimum Gasteiger partial charge on any atom is -0.481 e. The molecule has 4 N–H and O–H groups in total. The van der Waals surface area contributed by atoms with Crippen molar-refractivity contribution in [1.29, 1.82) is 0 Å². The second-order valence-electron chi connectivity index (χ2n) is 7.77. The lowest BCUT2D eigenvalue weighted by Crippen LogP contribution is -2.19. The molecule has 0 aromatic rings. The quantitative estimate of drug-likeness (QED) is 0.164. The summed E-state index contributed by atoms with van der Waals surface area (Å²) in [4.78, 5) is 10.3. The maximum Gasteiger partial charge on any atom is 0.303 e. The van der Waals surface area contributed by atoms with E-state index >= 15 is 0 Å². The van der Waals surface area contributed by atoms with E-state index in [1.165, 1.54) is 83.5 Å². The molecule has 0 amide bonds. The van der Waals surface area contributed by atoms with Crippen molar-refractivity contribution in [3.8, 4) is 0 Å². The third kappa shape index (κ3) is 33.4. The summed E-state index contributed by atoms with van der Waals surface area (Å²) in [6, 6.07) is 0. The molecule has 2 atom stereocenters. The molecule has 0 rings (SSSR count). The second kappa shape index (κ2) is 29.0. The Kier molecular flexibility index (Phi) is 33.7. The Morgan fingerprint density at radius 2 is 1.07 bits per heavy atom. The molecule has 0 aliphatic heterocycles. The van der Waals surface area contributed by atoms with E-state index in [1.54, 1.807) is 0 Å². The third-order valence-corrected chi connectivity index (χ3v) is 4.91. The van der Waals surface area contributed by atoms with Crippen LogP contribution < -0.4 is 5.73 Å². The number of hydrogen-bond donors (Lipinski definition) is 3. The Morgan fingerprint density at radius 3 is 1.43 bits per heavy atom. The number of unbranched alkanes of at least 4 members (excludes halogenated alkanes) is 14. The van der Waals surface area contributed by atoms with Crippen molar-refractivity contribution in [3.63, 3.8) is 0 Å². The number of aliphatic carboxylic acids is 1. The van der Waals surface area contributed by atoms with Crippen molar-refractivity contribution >= 4 is 15.9 Å². The molecule has 0 saturated heterocycles. The van der Waals surface area contributed by atoms with Crippen LogP contribution in [0, 0.1) is 0 Å². The monoisotopic (exact) mass is 421 g/mol. The Balaban J connectivity index is -0.000000530. The number of aliphatic hydroxyl groups is 1. The van der Waals surface area contributed by atoms with Gasteiger partial charge in [0.05, 0.1) is 6.10 Å². The molecule has 172 valence electrons. The topological polar surface area (TPSA) is 83.5 Å². The van der Waals surface area contributed by atoms with Gasteiger partial charge in [-0.15, -0.1) is 0 Å². The van der Waals surface area contributed by atoms with Gasteiger partial charge in [0.25, 0.3) is 0 Å². The van der Waals surface area contributed by atoms with Crippen molar-refractivity contribution in [1.82, 2.24) is 0 Å². The lowest BCUT2D eigenvalue weighted by molar-refractivity contribution is -0.137. The van der Waals surface area contributed by atoms with Gasteiger partial charge in [-0.3, -0.25) is 4.79 Å². The molecule has 2 unspecified atom stereocenters. The molecular weight excluding hydrogens is 369 g/mol. The minimum atomic E-state index is -0.655. The average molecular weight is 422 g/mol. The highest BCUT2D eigenvalue weighted by Crippen LogP contribution is 2.12. The Bertz CT molecular complexity index is 291. The van der Waals surface area contributed by atoms with Crippen molar-refractivity contribution in [2.24, 2.45) is 5.73 Å². The average Bonchev–Trinajstić information content (AvgIpc) is 2.66. The number of hydrogen-bond acceptors (Lipinski definition) is 3. The number of carbonyl (C=O) groups is 1. The van der Waals surface area contributed by atoms with E-state index in [1.807, 2.05) is 0 Å².